The summed E-state index contributed by atoms with van der Waals surface area (Å²) in [5, 5.41) is 0. The molecular weight excluding hydrogens is 178 g/mol. The van der Waals surface area contributed by atoms with Crippen molar-refractivity contribution >= 4 is 5.97 Å². The van der Waals surface area contributed by atoms with Crippen LogP contribution in [0.4, 0.5) is 0 Å². The number of fused-ring (bicyclic) bond motifs is 1. The van der Waals surface area contributed by atoms with Crippen molar-refractivity contribution in [3.63, 3.8) is 0 Å². The maximum Gasteiger partial charge on any atom is 0.311 e. The van der Waals surface area contributed by atoms with Crippen LogP contribution in [0.2, 0.25) is 0 Å². The molecule has 0 radical (unpaired) electrons. The Labute approximate surface area is 83.1 Å². The zero-order valence-electron chi connectivity index (χ0n) is 8.41. The van der Waals surface area contributed by atoms with Crippen LogP contribution in [0.1, 0.15) is 37.4 Å². The summed E-state index contributed by atoms with van der Waals surface area (Å²) in [7, 11) is 0. The molecule has 74 valence electrons. The fraction of sp³-hybridized carbons (Fsp3) is 0.455. The van der Waals surface area contributed by atoms with Gasteiger partial charge < -0.3 is 4.74 Å². The van der Waals surface area contributed by atoms with Gasteiger partial charge in [0.15, 0.2) is 5.75 Å². The van der Waals surface area contributed by atoms with Crippen molar-refractivity contribution in [2.24, 2.45) is 0 Å². The Hall–Kier alpha value is -1.38. The van der Waals surface area contributed by atoms with Gasteiger partial charge in [-0.05, 0) is 24.0 Å². The molecule has 0 saturated carbocycles. The van der Waals surface area contributed by atoms with Crippen LogP contribution in [-0.4, -0.2) is 11.0 Å². The largest absolute Gasteiger partial charge is 0.424 e. The van der Waals surface area contributed by atoms with Gasteiger partial charge in [-0.25, -0.2) is 0 Å². The van der Waals surface area contributed by atoms with Crippen molar-refractivity contribution in [1.82, 2.24) is 4.98 Å². The lowest BCUT2D eigenvalue weighted by molar-refractivity contribution is -0.135. The minimum Gasteiger partial charge on any atom is -0.424 e. The monoisotopic (exact) mass is 191 g/mol. The van der Waals surface area contributed by atoms with Gasteiger partial charge in [0.05, 0.1) is 12.1 Å². The highest BCUT2D eigenvalue weighted by atomic mass is 16.5. The number of nitrogens with zero attached hydrogens (tertiary/aromatic N) is 1. The van der Waals surface area contributed by atoms with Crippen LogP contribution < -0.4 is 4.74 Å². The maximum absolute atomic E-state index is 11.2. The van der Waals surface area contributed by atoms with Gasteiger partial charge in [0.25, 0.3) is 0 Å². The van der Waals surface area contributed by atoms with Gasteiger partial charge in [0.1, 0.15) is 0 Å². The Kier molecular flexibility index (Phi) is 2.23. The minimum absolute atomic E-state index is 0.146. The van der Waals surface area contributed by atoms with E-state index in [-0.39, 0.29) is 11.9 Å². The van der Waals surface area contributed by atoms with Crippen LogP contribution >= 0.6 is 0 Å². The Morgan fingerprint density at radius 3 is 2.93 bits per heavy atom. The number of carbonyl (C=O) groups is 1. The van der Waals surface area contributed by atoms with Crippen LogP contribution in [0.15, 0.2) is 12.3 Å². The quantitative estimate of drug-likeness (QED) is 0.638. The molecule has 0 atom stereocenters. The van der Waals surface area contributed by atoms with E-state index < -0.39 is 0 Å². The molecule has 3 nitrogen and oxygen atoms in total. The van der Waals surface area contributed by atoms with E-state index >= 15 is 0 Å². The van der Waals surface area contributed by atoms with Crippen molar-refractivity contribution in [1.29, 1.82) is 0 Å². The fourth-order valence-electron chi connectivity index (χ4n) is 1.63. The predicted molar refractivity (Wildman–Crippen MR) is 52.3 cm³/mol. The van der Waals surface area contributed by atoms with Crippen molar-refractivity contribution in [3.8, 4) is 5.75 Å². The van der Waals surface area contributed by atoms with Crippen molar-refractivity contribution < 1.29 is 9.53 Å². The number of hydrogen-bond donors (Lipinski definition) is 0. The number of rotatable bonds is 1. The molecule has 0 aromatic carbocycles. The third-order valence-electron chi connectivity index (χ3n) is 2.37. The Morgan fingerprint density at radius 1 is 1.43 bits per heavy atom. The summed E-state index contributed by atoms with van der Waals surface area (Å²) < 4.78 is 5.22. The second-order valence-electron chi connectivity index (χ2n) is 3.81. The summed E-state index contributed by atoms with van der Waals surface area (Å²) in [4.78, 5) is 15.4. The van der Waals surface area contributed by atoms with Crippen LogP contribution in [0.25, 0.3) is 0 Å². The van der Waals surface area contributed by atoms with Gasteiger partial charge in [-0.3, -0.25) is 9.78 Å². The first-order chi connectivity index (χ1) is 6.68. The molecule has 1 aromatic heterocycles. The molecule has 0 bridgehead atoms. The van der Waals surface area contributed by atoms with E-state index in [0.29, 0.717) is 12.2 Å². The van der Waals surface area contributed by atoms with E-state index in [1.165, 1.54) is 0 Å². The number of aryl methyl sites for hydroxylation is 1. The normalized spacial score (nSPS) is 15.2. The molecule has 0 unspecified atom stereocenters. The molecule has 0 aliphatic carbocycles. The van der Waals surface area contributed by atoms with Crippen LogP contribution in [0.3, 0.4) is 0 Å². The molecule has 2 heterocycles. The summed E-state index contributed by atoms with van der Waals surface area (Å²) >= 11 is 0. The van der Waals surface area contributed by atoms with Crippen molar-refractivity contribution in [2.45, 2.75) is 32.6 Å². The van der Waals surface area contributed by atoms with Crippen LogP contribution in [0.5, 0.6) is 5.75 Å². The second kappa shape index (κ2) is 3.40. The lowest BCUT2D eigenvalue weighted by Gasteiger charge is -2.19. The molecular formula is C11H13NO2. The maximum atomic E-state index is 11.2. The third kappa shape index (κ3) is 1.50. The Balaban J connectivity index is 2.48. The first-order valence-electron chi connectivity index (χ1n) is 4.87. The molecule has 1 aromatic rings. The zero-order valence-corrected chi connectivity index (χ0v) is 8.41. The van der Waals surface area contributed by atoms with Gasteiger partial charge in [0, 0.05) is 6.20 Å². The summed E-state index contributed by atoms with van der Waals surface area (Å²) in [6.07, 6.45) is 3.04. The molecule has 0 saturated heterocycles. The summed E-state index contributed by atoms with van der Waals surface area (Å²) in [5.41, 5.74) is 1.99. The topological polar surface area (TPSA) is 39.2 Å². The molecule has 1 aliphatic rings. The fourth-order valence-corrected chi connectivity index (χ4v) is 1.63. The number of pyridine rings is 1. The smallest absolute Gasteiger partial charge is 0.311 e. The average molecular weight is 191 g/mol. The Bertz CT molecular complexity index is 372. The molecule has 0 amide bonds. The van der Waals surface area contributed by atoms with Gasteiger partial charge in [0.2, 0.25) is 0 Å². The van der Waals surface area contributed by atoms with Gasteiger partial charge in [-0.15, -0.1) is 0 Å². The molecule has 14 heavy (non-hydrogen) atoms. The van der Waals surface area contributed by atoms with E-state index in [0.717, 1.165) is 17.7 Å². The highest BCUT2D eigenvalue weighted by Gasteiger charge is 2.21. The Morgan fingerprint density at radius 2 is 2.21 bits per heavy atom. The average Bonchev–Trinajstić information content (AvgIpc) is 2.16. The number of ether oxygens (including phenoxy) is 1. The van der Waals surface area contributed by atoms with Gasteiger partial charge in [-0.1, -0.05) is 13.8 Å². The standard InChI is InChI=1S/C11H13NO2/c1-7(2)10-11-8(5-6-12-10)3-4-9(13)14-11/h5-7H,3-4H2,1-2H3. The van der Waals surface area contributed by atoms with Crippen LogP contribution in [-0.2, 0) is 11.2 Å². The number of aromatic nitrogens is 1. The van der Waals surface area contributed by atoms with Crippen molar-refractivity contribution in [3.05, 3.63) is 23.5 Å². The summed E-state index contributed by atoms with van der Waals surface area (Å²) in [5.74, 6) is 0.835. The molecule has 0 N–H and O–H groups in total. The van der Waals surface area contributed by atoms with Crippen molar-refractivity contribution in [2.75, 3.05) is 0 Å². The minimum atomic E-state index is -0.146. The van der Waals surface area contributed by atoms with E-state index in [4.69, 9.17) is 4.74 Å². The lowest BCUT2D eigenvalue weighted by Crippen LogP contribution is -2.18. The van der Waals surface area contributed by atoms with Crippen LogP contribution in [0, 0.1) is 0 Å². The summed E-state index contributed by atoms with van der Waals surface area (Å²) in [6, 6.07) is 1.92. The second-order valence-corrected chi connectivity index (χ2v) is 3.81. The van der Waals surface area contributed by atoms with E-state index in [9.17, 15) is 4.79 Å². The first kappa shape index (κ1) is 9.19. The highest BCUT2D eigenvalue weighted by molar-refractivity contribution is 5.75. The zero-order chi connectivity index (χ0) is 10.1. The SMILES string of the molecule is CC(C)c1nccc2c1OC(=O)CC2. The van der Waals surface area contributed by atoms with E-state index in [1.807, 2.05) is 19.9 Å². The molecule has 2 rings (SSSR count). The van der Waals surface area contributed by atoms with Gasteiger partial charge in [-0.2, -0.15) is 0 Å². The van der Waals surface area contributed by atoms with Gasteiger partial charge >= 0.3 is 5.97 Å². The van der Waals surface area contributed by atoms with E-state index in [1.54, 1.807) is 6.20 Å². The number of hydrogen-bond acceptors (Lipinski definition) is 3. The number of esters is 1. The predicted octanol–water partition coefficient (Wildman–Crippen LogP) is 2.06. The summed E-state index contributed by atoms with van der Waals surface area (Å²) in [6.45, 7) is 4.09. The first-order valence-corrected chi connectivity index (χ1v) is 4.87. The third-order valence-corrected chi connectivity index (χ3v) is 2.37. The molecule has 0 fully saturated rings. The molecule has 1 aliphatic heterocycles. The molecule has 3 heteroatoms. The highest BCUT2D eigenvalue weighted by Crippen LogP contribution is 2.31. The molecule has 0 spiro atoms. The van der Waals surface area contributed by atoms with E-state index in [2.05, 4.69) is 4.98 Å². The number of carbonyl (C=O) groups excluding carboxylic acids is 1. The lowest BCUT2D eigenvalue weighted by atomic mass is 10.0.